The van der Waals surface area contributed by atoms with Crippen LogP contribution in [-0.4, -0.2) is 42.7 Å². The number of para-hydroxylation sites is 1. The SMILES string of the molecule is CCCCNc1ncnc(N2CCN(c3ccccc3F)CC2)c1N. The van der Waals surface area contributed by atoms with Crippen molar-refractivity contribution in [1.29, 1.82) is 0 Å². The van der Waals surface area contributed by atoms with Crippen LogP contribution in [-0.2, 0) is 0 Å². The molecule has 0 atom stereocenters. The van der Waals surface area contributed by atoms with Gasteiger partial charge in [0.25, 0.3) is 0 Å². The van der Waals surface area contributed by atoms with Gasteiger partial charge in [-0.25, -0.2) is 14.4 Å². The highest BCUT2D eigenvalue weighted by molar-refractivity contribution is 5.75. The average molecular weight is 344 g/mol. The number of nitrogens with one attached hydrogen (secondary N) is 1. The Morgan fingerprint density at radius 1 is 1.12 bits per heavy atom. The van der Waals surface area contributed by atoms with Gasteiger partial charge >= 0.3 is 0 Å². The Morgan fingerprint density at radius 2 is 1.84 bits per heavy atom. The average Bonchev–Trinajstić information content (AvgIpc) is 2.64. The van der Waals surface area contributed by atoms with E-state index in [9.17, 15) is 4.39 Å². The van der Waals surface area contributed by atoms with Gasteiger partial charge in [0.1, 0.15) is 17.8 Å². The molecule has 0 spiro atoms. The van der Waals surface area contributed by atoms with Crippen molar-refractivity contribution in [3.8, 4) is 0 Å². The number of nitrogens with two attached hydrogens (primary N) is 1. The molecule has 0 amide bonds. The molecule has 0 aliphatic carbocycles. The molecule has 25 heavy (non-hydrogen) atoms. The van der Waals surface area contributed by atoms with Crippen LogP contribution in [0, 0.1) is 5.82 Å². The van der Waals surface area contributed by atoms with E-state index in [1.54, 1.807) is 12.4 Å². The van der Waals surface area contributed by atoms with Gasteiger partial charge in [0.2, 0.25) is 0 Å². The molecule has 1 fully saturated rings. The highest BCUT2D eigenvalue weighted by Gasteiger charge is 2.22. The van der Waals surface area contributed by atoms with E-state index in [1.807, 2.05) is 12.1 Å². The molecule has 1 aromatic carbocycles. The van der Waals surface area contributed by atoms with Crippen molar-refractivity contribution in [3.05, 3.63) is 36.4 Å². The van der Waals surface area contributed by atoms with Crippen molar-refractivity contribution in [1.82, 2.24) is 9.97 Å². The van der Waals surface area contributed by atoms with E-state index >= 15 is 0 Å². The molecule has 7 heteroatoms. The third kappa shape index (κ3) is 3.92. The Balaban J connectivity index is 1.67. The lowest BCUT2D eigenvalue weighted by atomic mass is 10.2. The Hall–Kier alpha value is -2.57. The zero-order valence-corrected chi connectivity index (χ0v) is 14.6. The summed E-state index contributed by atoms with van der Waals surface area (Å²) in [5, 5.41) is 3.27. The molecule has 1 aliphatic rings. The minimum atomic E-state index is -0.181. The summed E-state index contributed by atoms with van der Waals surface area (Å²) in [6.45, 7) is 5.92. The number of hydrogen-bond donors (Lipinski definition) is 2. The molecule has 2 aromatic rings. The molecule has 3 rings (SSSR count). The van der Waals surface area contributed by atoms with Gasteiger partial charge in [-0.3, -0.25) is 0 Å². The van der Waals surface area contributed by atoms with Gasteiger partial charge < -0.3 is 20.9 Å². The summed E-state index contributed by atoms with van der Waals surface area (Å²) in [5.41, 5.74) is 7.50. The number of halogens is 1. The van der Waals surface area contributed by atoms with Crippen LogP contribution in [0.25, 0.3) is 0 Å². The summed E-state index contributed by atoms with van der Waals surface area (Å²) in [7, 11) is 0. The van der Waals surface area contributed by atoms with Gasteiger partial charge in [-0.2, -0.15) is 0 Å². The number of piperazine rings is 1. The van der Waals surface area contributed by atoms with Gasteiger partial charge in [-0.15, -0.1) is 0 Å². The van der Waals surface area contributed by atoms with E-state index in [1.165, 1.54) is 6.07 Å². The van der Waals surface area contributed by atoms with Crippen molar-refractivity contribution in [2.24, 2.45) is 0 Å². The first kappa shape index (κ1) is 17.3. The first-order valence-corrected chi connectivity index (χ1v) is 8.79. The van der Waals surface area contributed by atoms with E-state index in [-0.39, 0.29) is 5.82 Å². The predicted octanol–water partition coefficient (Wildman–Crippen LogP) is 2.74. The van der Waals surface area contributed by atoms with Crippen LogP contribution in [0.3, 0.4) is 0 Å². The van der Waals surface area contributed by atoms with Crippen LogP contribution in [0.2, 0.25) is 0 Å². The van der Waals surface area contributed by atoms with Crippen LogP contribution in [0.5, 0.6) is 0 Å². The lowest BCUT2D eigenvalue weighted by Gasteiger charge is -2.37. The highest BCUT2D eigenvalue weighted by Crippen LogP contribution is 2.28. The number of unbranched alkanes of at least 4 members (excludes halogenated alkanes) is 1. The summed E-state index contributed by atoms with van der Waals surface area (Å²) >= 11 is 0. The van der Waals surface area contributed by atoms with Crippen molar-refractivity contribution < 1.29 is 4.39 Å². The molecule has 1 saturated heterocycles. The summed E-state index contributed by atoms with van der Waals surface area (Å²) in [6, 6.07) is 6.89. The van der Waals surface area contributed by atoms with E-state index in [4.69, 9.17) is 5.73 Å². The van der Waals surface area contributed by atoms with Gasteiger partial charge in [-0.1, -0.05) is 25.5 Å². The van der Waals surface area contributed by atoms with E-state index in [0.29, 0.717) is 17.2 Å². The second-order valence-electron chi connectivity index (χ2n) is 6.17. The van der Waals surface area contributed by atoms with Crippen LogP contribution in [0.15, 0.2) is 30.6 Å². The third-order valence-corrected chi connectivity index (χ3v) is 4.46. The molecule has 3 N–H and O–H groups in total. The molecule has 2 heterocycles. The van der Waals surface area contributed by atoms with Crippen LogP contribution >= 0.6 is 0 Å². The molecular weight excluding hydrogens is 319 g/mol. The van der Waals surface area contributed by atoms with Crippen molar-refractivity contribution >= 4 is 23.0 Å². The lowest BCUT2D eigenvalue weighted by Crippen LogP contribution is -2.47. The molecule has 134 valence electrons. The molecule has 1 aromatic heterocycles. The summed E-state index contributed by atoms with van der Waals surface area (Å²) < 4.78 is 14.0. The summed E-state index contributed by atoms with van der Waals surface area (Å²) in [6.07, 6.45) is 3.73. The Kier molecular flexibility index (Phi) is 5.53. The van der Waals surface area contributed by atoms with Crippen molar-refractivity contribution in [2.75, 3.05) is 53.6 Å². The van der Waals surface area contributed by atoms with Gasteiger partial charge in [0, 0.05) is 32.7 Å². The van der Waals surface area contributed by atoms with E-state index in [0.717, 1.165) is 51.4 Å². The number of nitrogen functional groups attached to an aromatic ring is 1. The Bertz CT molecular complexity index is 700. The fourth-order valence-electron chi connectivity index (χ4n) is 3.03. The second kappa shape index (κ2) is 8.00. The normalized spacial score (nSPS) is 14.6. The summed E-state index contributed by atoms with van der Waals surface area (Å²) in [5.74, 6) is 1.26. The number of benzene rings is 1. The monoisotopic (exact) mass is 344 g/mol. The Labute approximate surface area is 147 Å². The topological polar surface area (TPSA) is 70.3 Å². The fraction of sp³-hybridized carbons (Fsp3) is 0.444. The van der Waals surface area contributed by atoms with Crippen LogP contribution in [0.1, 0.15) is 19.8 Å². The Morgan fingerprint density at radius 3 is 2.56 bits per heavy atom. The van der Waals surface area contributed by atoms with E-state index < -0.39 is 0 Å². The first-order valence-electron chi connectivity index (χ1n) is 8.79. The summed E-state index contributed by atoms with van der Waals surface area (Å²) in [4.78, 5) is 12.8. The highest BCUT2D eigenvalue weighted by atomic mass is 19.1. The molecular formula is C18H25FN6. The number of rotatable bonds is 6. The first-order chi connectivity index (χ1) is 12.2. The lowest BCUT2D eigenvalue weighted by molar-refractivity contribution is 0.596. The van der Waals surface area contributed by atoms with Gasteiger partial charge in [0.05, 0.1) is 5.69 Å². The predicted molar refractivity (Wildman–Crippen MR) is 101 cm³/mol. The molecule has 1 aliphatic heterocycles. The third-order valence-electron chi connectivity index (χ3n) is 4.46. The van der Waals surface area contributed by atoms with Crippen molar-refractivity contribution in [2.45, 2.75) is 19.8 Å². The number of aromatic nitrogens is 2. The van der Waals surface area contributed by atoms with Gasteiger partial charge in [0.15, 0.2) is 11.6 Å². The minimum Gasteiger partial charge on any atom is -0.393 e. The minimum absolute atomic E-state index is 0.181. The standard InChI is InChI=1S/C18H25FN6/c1-2-3-8-21-17-16(20)18(23-13-22-17)25-11-9-24(10-12-25)15-7-5-4-6-14(15)19/h4-7,13H,2-3,8-12,20H2,1H3,(H,21,22,23). The zero-order chi connectivity index (χ0) is 17.6. The number of anilines is 4. The quantitative estimate of drug-likeness (QED) is 0.785. The van der Waals surface area contributed by atoms with Crippen LogP contribution in [0.4, 0.5) is 27.4 Å². The maximum absolute atomic E-state index is 14.0. The maximum atomic E-state index is 14.0. The zero-order valence-electron chi connectivity index (χ0n) is 14.6. The smallest absolute Gasteiger partial charge is 0.157 e. The largest absolute Gasteiger partial charge is 0.393 e. The molecule has 0 saturated carbocycles. The number of nitrogens with zero attached hydrogens (tertiary/aromatic N) is 4. The fourth-order valence-corrected chi connectivity index (χ4v) is 3.03. The molecule has 6 nitrogen and oxygen atoms in total. The maximum Gasteiger partial charge on any atom is 0.157 e. The number of hydrogen-bond acceptors (Lipinski definition) is 6. The molecule has 0 radical (unpaired) electrons. The van der Waals surface area contributed by atoms with Crippen molar-refractivity contribution in [3.63, 3.8) is 0 Å². The van der Waals surface area contributed by atoms with Crippen LogP contribution < -0.4 is 20.9 Å². The van der Waals surface area contributed by atoms with Gasteiger partial charge in [-0.05, 0) is 18.6 Å². The molecule has 0 bridgehead atoms. The molecule has 0 unspecified atom stereocenters. The second-order valence-corrected chi connectivity index (χ2v) is 6.17. The van der Waals surface area contributed by atoms with E-state index in [2.05, 4.69) is 32.0 Å².